The first-order valence-electron chi connectivity index (χ1n) is 7.70. The first-order chi connectivity index (χ1) is 9.19. The molecule has 2 unspecified atom stereocenters. The maximum Gasteiger partial charge on any atom is 0.0406 e. The van der Waals surface area contributed by atoms with Crippen LogP contribution in [0, 0.1) is 5.92 Å². The summed E-state index contributed by atoms with van der Waals surface area (Å²) in [5.74, 6) is 0.956. The van der Waals surface area contributed by atoms with Crippen molar-refractivity contribution in [3.63, 3.8) is 0 Å². The highest BCUT2D eigenvalue weighted by molar-refractivity contribution is 6.30. The third kappa shape index (κ3) is 4.50. The van der Waals surface area contributed by atoms with Gasteiger partial charge in [0.15, 0.2) is 0 Å². The summed E-state index contributed by atoms with van der Waals surface area (Å²) >= 11 is 5.94. The van der Waals surface area contributed by atoms with Gasteiger partial charge in [0, 0.05) is 17.1 Å². The normalized spacial score (nSPS) is 25.8. The lowest BCUT2D eigenvalue weighted by Gasteiger charge is -2.22. The van der Waals surface area contributed by atoms with Crippen LogP contribution in [0.25, 0.3) is 0 Å². The van der Waals surface area contributed by atoms with Gasteiger partial charge in [0.2, 0.25) is 0 Å². The summed E-state index contributed by atoms with van der Waals surface area (Å²) in [7, 11) is 0. The van der Waals surface area contributed by atoms with Gasteiger partial charge >= 0.3 is 0 Å². The van der Waals surface area contributed by atoms with E-state index in [-0.39, 0.29) is 0 Å². The number of hydrogen-bond acceptors (Lipinski definition) is 1. The Hall–Kier alpha value is -0.530. The monoisotopic (exact) mass is 279 g/mol. The van der Waals surface area contributed by atoms with Gasteiger partial charge in [-0.05, 0) is 49.8 Å². The van der Waals surface area contributed by atoms with Gasteiger partial charge in [-0.1, -0.05) is 49.9 Å². The average Bonchev–Trinajstić information content (AvgIpc) is 2.64. The van der Waals surface area contributed by atoms with E-state index in [0.29, 0.717) is 12.1 Å². The molecule has 0 bridgehead atoms. The van der Waals surface area contributed by atoms with Crippen LogP contribution in [0.15, 0.2) is 24.3 Å². The largest absolute Gasteiger partial charge is 0.307 e. The number of nitrogens with one attached hydrogen (secondary N) is 1. The zero-order valence-electron chi connectivity index (χ0n) is 12.2. The molecule has 1 aliphatic carbocycles. The molecule has 2 heteroatoms. The summed E-state index contributed by atoms with van der Waals surface area (Å²) in [5.41, 5.74) is 1.33. The Bertz CT molecular complexity index is 373. The smallest absolute Gasteiger partial charge is 0.0406 e. The first-order valence-corrected chi connectivity index (χ1v) is 8.08. The van der Waals surface area contributed by atoms with Gasteiger partial charge in [-0.15, -0.1) is 0 Å². The van der Waals surface area contributed by atoms with Crippen LogP contribution in [0.5, 0.6) is 0 Å². The maximum atomic E-state index is 5.94. The van der Waals surface area contributed by atoms with Crippen LogP contribution in [0.1, 0.15) is 64.0 Å². The van der Waals surface area contributed by atoms with E-state index in [1.165, 1.54) is 44.1 Å². The molecule has 19 heavy (non-hydrogen) atoms. The van der Waals surface area contributed by atoms with Crippen molar-refractivity contribution in [2.75, 3.05) is 0 Å². The molecule has 106 valence electrons. The maximum absolute atomic E-state index is 5.94. The van der Waals surface area contributed by atoms with Crippen LogP contribution >= 0.6 is 11.6 Å². The SMILES string of the molecule is CCC1CCCC(N[C@H](C)c2ccc(Cl)cc2)CC1. The number of benzene rings is 1. The quantitative estimate of drug-likeness (QED) is 0.733. The zero-order chi connectivity index (χ0) is 13.7. The number of rotatable bonds is 4. The van der Waals surface area contributed by atoms with E-state index in [0.717, 1.165) is 10.9 Å². The summed E-state index contributed by atoms with van der Waals surface area (Å²) in [6.07, 6.45) is 8.19. The summed E-state index contributed by atoms with van der Waals surface area (Å²) in [6.45, 7) is 4.58. The molecule has 2 rings (SSSR count). The Morgan fingerprint density at radius 3 is 2.58 bits per heavy atom. The molecule has 1 aromatic carbocycles. The second kappa shape index (κ2) is 7.31. The van der Waals surface area contributed by atoms with Gasteiger partial charge in [0.05, 0.1) is 0 Å². The van der Waals surface area contributed by atoms with E-state index in [4.69, 9.17) is 11.6 Å². The highest BCUT2D eigenvalue weighted by Gasteiger charge is 2.19. The van der Waals surface area contributed by atoms with E-state index in [1.54, 1.807) is 0 Å². The van der Waals surface area contributed by atoms with Crippen LogP contribution in [-0.4, -0.2) is 6.04 Å². The van der Waals surface area contributed by atoms with Crippen molar-refractivity contribution >= 4 is 11.6 Å². The van der Waals surface area contributed by atoms with Gasteiger partial charge in [0.25, 0.3) is 0 Å². The fourth-order valence-electron chi connectivity index (χ4n) is 3.15. The Morgan fingerprint density at radius 1 is 1.16 bits per heavy atom. The molecule has 0 aliphatic heterocycles. The summed E-state index contributed by atoms with van der Waals surface area (Å²) < 4.78 is 0. The van der Waals surface area contributed by atoms with E-state index in [9.17, 15) is 0 Å². The lowest BCUT2D eigenvalue weighted by Crippen LogP contribution is -2.31. The Balaban J connectivity index is 1.88. The van der Waals surface area contributed by atoms with Crippen molar-refractivity contribution in [2.45, 2.75) is 64.5 Å². The standard InChI is InChI=1S/C17H26ClN/c1-3-14-5-4-6-17(12-7-14)19-13(2)15-8-10-16(18)11-9-15/h8-11,13-14,17,19H,3-7,12H2,1-2H3/t13-,14?,17?/m1/s1. The first kappa shape index (κ1) is 14.9. The molecule has 0 amide bonds. The second-order valence-corrected chi connectivity index (χ2v) is 6.36. The van der Waals surface area contributed by atoms with Gasteiger partial charge in [-0.3, -0.25) is 0 Å². The fourth-order valence-corrected chi connectivity index (χ4v) is 3.28. The lowest BCUT2D eigenvalue weighted by molar-refractivity contribution is 0.400. The van der Waals surface area contributed by atoms with Crippen LogP contribution < -0.4 is 5.32 Å². The molecule has 0 heterocycles. The predicted molar refractivity (Wildman–Crippen MR) is 83.7 cm³/mol. The van der Waals surface area contributed by atoms with Crippen LogP contribution in [0.2, 0.25) is 5.02 Å². The van der Waals surface area contributed by atoms with Crippen molar-refractivity contribution in [3.8, 4) is 0 Å². The predicted octanol–water partition coefficient (Wildman–Crippen LogP) is 5.35. The minimum atomic E-state index is 0.417. The number of hydrogen-bond donors (Lipinski definition) is 1. The highest BCUT2D eigenvalue weighted by Crippen LogP contribution is 2.27. The second-order valence-electron chi connectivity index (χ2n) is 5.92. The summed E-state index contributed by atoms with van der Waals surface area (Å²) in [5, 5.41) is 4.61. The molecule has 1 aliphatic rings. The molecule has 1 nitrogen and oxygen atoms in total. The van der Waals surface area contributed by atoms with Crippen molar-refractivity contribution in [1.29, 1.82) is 0 Å². The molecule has 3 atom stereocenters. The minimum absolute atomic E-state index is 0.417. The van der Waals surface area contributed by atoms with E-state index >= 15 is 0 Å². The van der Waals surface area contributed by atoms with Crippen molar-refractivity contribution in [3.05, 3.63) is 34.9 Å². The Kier molecular flexibility index (Phi) is 5.72. The molecule has 0 spiro atoms. The van der Waals surface area contributed by atoms with Gasteiger partial charge in [-0.2, -0.15) is 0 Å². The average molecular weight is 280 g/mol. The molecule has 1 aromatic rings. The molecular weight excluding hydrogens is 254 g/mol. The molecule has 1 fully saturated rings. The third-order valence-corrected chi connectivity index (χ3v) is 4.77. The fraction of sp³-hybridized carbons (Fsp3) is 0.647. The van der Waals surface area contributed by atoms with Crippen molar-refractivity contribution in [2.24, 2.45) is 5.92 Å². The molecule has 0 aromatic heterocycles. The summed E-state index contributed by atoms with van der Waals surface area (Å²) in [6, 6.07) is 9.32. The van der Waals surface area contributed by atoms with E-state index in [2.05, 4.69) is 31.3 Å². The van der Waals surface area contributed by atoms with E-state index in [1.807, 2.05) is 12.1 Å². The molecule has 1 N–H and O–H groups in total. The van der Waals surface area contributed by atoms with Crippen molar-refractivity contribution < 1.29 is 0 Å². The van der Waals surface area contributed by atoms with E-state index < -0.39 is 0 Å². The zero-order valence-corrected chi connectivity index (χ0v) is 12.9. The van der Waals surface area contributed by atoms with Gasteiger partial charge in [0.1, 0.15) is 0 Å². The van der Waals surface area contributed by atoms with Gasteiger partial charge < -0.3 is 5.32 Å². The van der Waals surface area contributed by atoms with Crippen molar-refractivity contribution in [1.82, 2.24) is 5.32 Å². The molecule has 0 saturated heterocycles. The Labute approximate surface area is 122 Å². The lowest BCUT2D eigenvalue weighted by atomic mass is 9.97. The minimum Gasteiger partial charge on any atom is -0.307 e. The van der Waals surface area contributed by atoms with Crippen LogP contribution in [0.4, 0.5) is 0 Å². The van der Waals surface area contributed by atoms with Crippen LogP contribution in [-0.2, 0) is 0 Å². The molecule has 0 radical (unpaired) electrons. The van der Waals surface area contributed by atoms with Crippen LogP contribution in [0.3, 0.4) is 0 Å². The Morgan fingerprint density at radius 2 is 1.89 bits per heavy atom. The van der Waals surface area contributed by atoms with Gasteiger partial charge in [-0.25, -0.2) is 0 Å². The molecular formula is C17H26ClN. The number of halogens is 1. The molecule has 1 saturated carbocycles. The highest BCUT2D eigenvalue weighted by atomic mass is 35.5. The third-order valence-electron chi connectivity index (χ3n) is 4.52. The topological polar surface area (TPSA) is 12.0 Å². The summed E-state index contributed by atoms with van der Waals surface area (Å²) in [4.78, 5) is 0.